The molecule has 1 aliphatic rings. The van der Waals surface area contributed by atoms with E-state index in [9.17, 15) is 4.79 Å². The topological polar surface area (TPSA) is 71.2 Å². The summed E-state index contributed by atoms with van der Waals surface area (Å²) in [5.74, 6) is -0.174. The second kappa shape index (κ2) is 7.34. The molecule has 130 valence electrons. The van der Waals surface area contributed by atoms with Gasteiger partial charge in [0.15, 0.2) is 4.96 Å². The molecule has 4 heterocycles. The van der Waals surface area contributed by atoms with Crippen molar-refractivity contribution in [3.8, 4) is 0 Å². The maximum absolute atomic E-state index is 12.0. The third-order valence-corrected chi connectivity index (χ3v) is 5.65. The van der Waals surface area contributed by atoms with Crippen LogP contribution in [0.1, 0.15) is 10.6 Å². The Kier molecular flexibility index (Phi) is 4.77. The van der Waals surface area contributed by atoms with Crippen LogP contribution in [0.3, 0.4) is 0 Å². The van der Waals surface area contributed by atoms with Crippen LogP contribution in [0.5, 0.6) is 0 Å². The summed E-state index contributed by atoms with van der Waals surface area (Å²) < 4.78 is 7.28. The monoisotopic (exact) mass is 375 g/mol. The molecular formula is C16H17N5O2S2. The molecule has 1 N–H and O–H groups in total. The number of carbonyl (C=O) groups excluding carboxylic acids is 1. The zero-order chi connectivity index (χ0) is 17.1. The van der Waals surface area contributed by atoms with Crippen molar-refractivity contribution in [1.29, 1.82) is 0 Å². The largest absolute Gasteiger partial charge is 0.378 e. The van der Waals surface area contributed by atoms with Gasteiger partial charge < -0.3 is 9.64 Å². The molecule has 1 aliphatic heterocycles. The lowest BCUT2D eigenvalue weighted by Crippen LogP contribution is -2.35. The molecule has 0 atom stereocenters. The summed E-state index contributed by atoms with van der Waals surface area (Å²) >= 11 is 3.20. The summed E-state index contributed by atoms with van der Waals surface area (Å²) in [6, 6.07) is 4.09. The molecule has 0 spiro atoms. The number of hydrogen-bond acceptors (Lipinski definition) is 7. The minimum absolute atomic E-state index is 0.174. The van der Waals surface area contributed by atoms with Crippen LogP contribution in [0.25, 0.3) is 4.96 Å². The molecule has 3 aromatic heterocycles. The number of hydrogen-bond donors (Lipinski definition) is 1. The molecule has 7 nitrogen and oxygen atoms in total. The number of rotatable bonds is 5. The smallest absolute Gasteiger partial charge is 0.246 e. The van der Waals surface area contributed by atoms with E-state index in [-0.39, 0.29) is 12.3 Å². The molecule has 1 amide bonds. The number of anilines is 1. The van der Waals surface area contributed by atoms with Crippen LogP contribution < -0.4 is 10.3 Å². The zero-order valence-corrected chi connectivity index (χ0v) is 15.1. The molecule has 0 aromatic carbocycles. The summed E-state index contributed by atoms with van der Waals surface area (Å²) in [5, 5.41) is 7.21. The minimum atomic E-state index is -0.174. The Hall–Kier alpha value is -2.23. The number of nitrogens with one attached hydrogen (secondary N) is 1. The molecule has 0 aliphatic carbocycles. The Bertz CT molecular complexity index is 863. The van der Waals surface area contributed by atoms with Gasteiger partial charge in [0.1, 0.15) is 0 Å². The van der Waals surface area contributed by atoms with Gasteiger partial charge in [-0.15, -0.1) is 22.7 Å². The van der Waals surface area contributed by atoms with Crippen molar-refractivity contribution in [2.45, 2.75) is 6.42 Å². The standard InChI is InChI=1S/C16H17N5O2S2/c22-14(9-12-11-21-5-8-24-16(21)18-12)19-17-10-13-1-2-15(25-13)20-3-6-23-7-4-20/h1-2,5,8,10-11H,3-4,6-7,9H2,(H,19,22). The first-order chi connectivity index (χ1) is 12.3. The number of imidazole rings is 1. The van der Waals surface area contributed by atoms with Crippen molar-refractivity contribution < 1.29 is 9.53 Å². The SMILES string of the molecule is O=C(Cc1cn2ccsc2n1)NN=Cc1ccc(N2CCOCC2)s1. The van der Waals surface area contributed by atoms with Crippen molar-refractivity contribution in [3.05, 3.63) is 40.5 Å². The number of thiophene rings is 1. The van der Waals surface area contributed by atoms with Crippen LogP contribution in [0.15, 0.2) is 35.0 Å². The Morgan fingerprint density at radius 2 is 2.28 bits per heavy atom. The van der Waals surface area contributed by atoms with Crippen LogP contribution >= 0.6 is 22.7 Å². The second-order valence-corrected chi connectivity index (χ2v) is 7.54. The second-order valence-electron chi connectivity index (χ2n) is 5.57. The maximum atomic E-state index is 12.0. The van der Waals surface area contributed by atoms with Crippen molar-refractivity contribution in [1.82, 2.24) is 14.8 Å². The van der Waals surface area contributed by atoms with Gasteiger partial charge in [-0.1, -0.05) is 0 Å². The Labute approximate surface area is 152 Å². The van der Waals surface area contributed by atoms with Crippen LogP contribution in [0.2, 0.25) is 0 Å². The molecule has 0 radical (unpaired) electrons. The normalized spacial score (nSPS) is 15.3. The van der Waals surface area contributed by atoms with E-state index in [4.69, 9.17) is 4.74 Å². The number of aromatic nitrogens is 2. The predicted octanol–water partition coefficient (Wildman–Crippen LogP) is 1.99. The number of carbonyl (C=O) groups is 1. The van der Waals surface area contributed by atoms with Crippen LogP contribution in [0.4, 0.5) is 5.00 Å². The van der Waals surface area contributed by atoms with E-state index < -0.39 is 0 Å². The Morgan fingerprint density at radius 3 is 3.12 bits per heavy atom. The summed E-state index contributed by atoms with van der Waals surface area (Å²) in [7, 11) is 0. The number of morpholine rings is 1. The highest BCUT2D eigenvalue weighted by atomic mass is 32.1. The number of nitrogens with zero attached hydrogens (tertiary/aromatic N) is 4. The first-order valence-corrected chi connectivity index (χ1v) is 9.63. The van der Waals surface area contributed by atoms with E-state index in [1.807, 2.05) is 28.2 Å². The molecule has 4 rings (SSSR count). The number of amides is 1. The number of hydrazone groups is 1. The third-order valence-electron chi connectivity index (χ3n) is 3.80. The number of ether oxygens (including phenoxy) is 1. The molecule has 1 saturated heterocycles. The van der Waals surface area contributed by atoms with Crippen LogP contribution in [0, 0.1) is 0 Å². The van der Waals surface area contributed by atoms with E-state index in [0.717, 1.165) is 41.8 Å². The summed E-state index contributed by atoms with van der Waals surface area (Å²) in [6.07, 6.45) is 5.69. The molecular weight excluding hydrogens is 358 g/mol. The van der Waals surface area contributed by atoms with Gasteiger partial charge in [-0.3, -0.25) is 9.20 Å². The van der Waals surface area contributed by atoms with E-state index in [2.05, 4.69) is 26.5 Å². The van der Waals surface area contributed by atoms with Crippen LogP contribution in [-0.4, -0.2) is 47.8 Å². The average molecular weight is 375 g/mol. The molecule has 1 fully saturated rings. The maximum Gasteiger partial charge on any atom is 0.246 e. The molecule has 0 unspecified atom stereocenters. The molecule has 0 bridgehead atoms. The van der Waals surface area contributed by atoms with Gasteiger partial charge in [0, 0.05) is 35.7 Å². The summed E-state index contributed by atoms with van der Waals surface area (Å²) in [4.78, 5) is 20.5. The van der Waals surface area contributed by atoms with Crippen LogP contribution in [-0.2, 0) is 16.0 Å². The predicted molar refractivity (Wildman–Crippen MR) is 99.9 cm³/mol. The lowest BCUT2D eigenvalue weighted by Gasteiger charge is -2.27. The van der Waals surface area contributed by atoms with E-state index in [1.54, 1.807) is 28.9 Å². The van der Waals surface area contributed by atoms with Gasteiger partial charge in [0.05, 0.1) is 36.5 Å². The highest BCUT2D eigenvalue weighted by Gasteiger charge is 2.12. The summed E-state index contributed by atoms with van der Waals surface area (Å²) in [5.41, 5.74) is 3.30. The van der Waals surface area contributed by atoms with Crippen molar-refractivity contribution >= 4 is 44.8 Å². The molecule has 9 heteroatoms. The lowest BCUT2D eigenvalue weighted by atomic mass is 10.3. The van der Waals surface area contributed by atoms with Crippen molar-refractivity contribution in [2.75, 3.05) is 31.2 Å². The Balaban J connectivity index is 1.30. The van der Waals surface area contributed by atoms with E-state index in [1.165, 1.54) is 5.00 Å². The molecule has 0 saturated carbocycles. The van der Waals surface area contributed by atoms with E-state index in [0.29, 0.717) is 0 Å². The zero-order valence-electron chi connectivity index (χ0n) is 13.4. The highest BCUT2D eigenvalue weighted by molar-refractivity contribution is 7.17. The molecule has 3 aromatic rings. The first kappa shape index (κ1) is 16.2. The van der Waals surface area contributed by atoms with Gasteiger partial charge in [0.25, 0.3) is 0 Å². The lowest BCUT2D eigenvalue weighted by molar-refractivity contribution is -0.120. The number of fused-ring (bicyclic) bond motifs is 1. The fraction of sp³-hybridized carbons (Fsp3) is 0.312. The third kappa shape index (κ3) is 3.89. The minimum Gasteiger partial charge on any atom is -0.378 e. The molecule has 25 heavy (non-hydrogen) atoms. The highest BCUT2D eigenvalue weighted by Crippen LogP contribution is 2.25. The van der Waals surface area contributed by atoms with Gasteiger partial charge in [-0.25, -0.2) is 10.4 Å². The van der Waals surface area contributed by atoms with E-state index >= 15 is 0 Å². The van der Waals surface area contributed by atoms with Gasteiger partial charge in [-0.2, -0.15) is 5.10 Å². The number of thiazole rings is 1. The van der Waals surface area contributed by atoms with Gasteiger partial charge in [-0.05, 0) is 12.1 Å². The fourth-order valence-electron chi connectivity index (χ4n) is 2.60. The fourth-order valence-corrected chi connectivity index (χ4v) is 4.25. The van der Waals surface area contributed by atoms with Crippen molar-refractivity contribution in [3.63, 3.8) is 0 Å². The summed E-state index contributed by atoms with van der Waals surface area (Å²) in [6.45, 7) is 3.36. The van der Waals surface area contributed by atoms with Crippen molar-refractivity contribution in [2.24, 2.45) is 5.10 Å². The van der Waals surface area contributed by atoms with Gasteiger partial charge >= 0.3 is 0 Å². The first-order valence-electron chi connectivity index (χ1n) is 7.93. The van der Waals surface area contributed by atoms with Gasteiger partial charge in [0.2, 0.25) is 5.91 Å². The quantitative estimate of drug-likeness (QED) is 0.547. The Morgan fingerprint density at radius 1 is 1.40 bits per heavy atom. The average Bonchev–Trinajstić information content (AvgIpc) is 3.32.